The average molecular weight is 215 g/mol. The van der Waals surface area contributed by atoms with Crippen LogP contribution in [0.2, 0.25) is 0 Å². The monoisotopic (exact) mass is 215 g/mol. The molecule has 0 fully saturated rings. The summed E-state index contributed by atoms with van der Waals surface area (Å²) in [4.78, 5) is 9.76. The van der Waals surface area contributed by atoms with Crippen molar-refractivity contribution in [2.45, 2.75) is 6.04 Å². The Balaban J connectivity index is 0.000000241. The van der Waals surface area contributed by atoms with Gasteiger partial charge in [-0.1, -0.05) is 18.2 Å². The molecule has 0 radical (unpaired) electrons. The van der Waals surface area contributed by atoms with E-state index in [2.05, 4.69) is 12.6 Å². The van der Waals surface area contributed by atoms with Crippen molar-refractivity contribution in [1.29, 1.82) is 0 Å². The summed E-state index contributed by atoms with van der Waals surface area (Å²) in [6.07, 6.45) is 0. The molecular weight excluding hydrogens is 202 g/mol. The van der Waals surface area contributed by atoms with Crippen molar-refractivity contribution in [2.75, 3.05) is 5.75 Å². The highest BCUT2D eigenvalue weighted by Crippen LogP contribution is 2.02. The Kier molecular flexibility index (Phi) is 6.61. The van der Waals surface area contributed by atoms with Gasteiger partial charge in [0.05, 0.1) is 0 Å². The lowest BCUT2D eigenvalue weighted by atomic mass is 10.3. The van der Waals surface area contributed by atoms with E-state index in [1.54, 1.807) is 24.3 Å². The van der Waals surface area contributed by atoms with Gasteiger partial charge in [0.25, 0.3) is 0 Å². The van der Waals surface area contributed by atoms with E-state index < -0.39 is 12.0 Å². The lowest BCUT2D eigenvalue weighted by Crippen LogP contribution is -2.31. The SMILES string of the molecule is NC(CS)C(=O)O.Oc1ccccc1. The number of aromatic hydroxyl groups is 1. The number of rotatable bonds is 2. The standard InChI is InChI=1S/C6H6O.C3H7NO2S/c7-6-4-2-1-3-5-6;4-2(1-7)3(5)6/h1-5,7H;2,7H,1,4H2,(H,5,6). The fourth-order valence-corrected chi connectivity index (χ4v) is 0.662. The Morgan fingerprint density at radius 2 is 1.93 bits per heavy atom. The van der Waals surface area contributed by atoms with Crippen LogP contribution < -0.4 is 5.73 Å². The highest BCUT2D eigenvalue weighted by molar-refractivity contribution is 7.80. The van der Waals surface area contributed by atoms with Crippen LogP contribution >= 0.6 is 12.6 Å². The summed E-state index contributed by atoms with van der Waals surface area (Å²) in [5.74, 6) is -0.493. The first-order valence-corrected chi connectivity index (χ1v) is 4.54. The number of carboxylic acids is 1. The van der Waals surface area contributed by atoms with Gasteiger partial charge < -0.3 is 15.9 Å². The van der Waals surface area contributed by atoms with Crippen LogP contribution in [-0.4, -0.2) is 28.0 Å². The summed E-state index contributed by atoms with van der Waals surface area (Å²) in [5, 5.41) is 16.6. The Morgan fingerprint density at radius 1 is 1.43 bits per heavy atom. The molecule has 0 saturated heterocycles. The predicted molar refractivity (Wildman–Crippen MR) is 57.6 cm³/mol. The maximum absolute atomic E-state index is 9.76. The average Bonchev–Trinajstić information content (AvgIpc) is 2.18. The zero-order valence-corrected chi connectivity index (χ0v) is 8.39. The fraction of sp³-hybridized carbons (Fsp3) is 0.222. The number of hydrogen-bond acceptors (Lipinski definition) is 4. The van der Waals surface area contributed by atoms with Gasteiger partial charge in [0.2, 0.25) is 0 Å². The van der Waals surface area contributed by atoms with E-state index in [0.717, 1.165) is 0 Å². The summed E-state index contributed by atoms with van der Waals surface area (Å²) >= 11 is 3.65. The molecule has 0 amide bonds. The van der Waals surface area contributed by atoms with Crippen LogP contribution in [0, 0.1) is 0 Å². The number of thiol groups is 1. The Bertz CT molecular complexity index is 266. The van der Waals surface area contributed by atoms with Crippen molar-refractivity contribution in [3.8, 4) is 5.75 Å². The molecule has 4 N–H and O–H groups in total. The first-order chi connectivity index (χ1) is 6.57. The Morgan fingerprint density at radius 3 is 2.07 bits per heavy atom. The lowest BCUT2D eigenvalue weighted by molar-refractivity contribution is -0.137. The lowest BCUT2D eigenvalue weighted by Gasteiger charge is -1.96. The fourth-order valence-electron chi connectivity index (χ4n) is 0.506. The molecule has 1 atom stereocenters. The van der Waals surface area contributed by atoms with Crippen LogP contribution in [0.5, 0.6) is 5.75 Å². The highest BCUT2D eigenvalue weighted by atomic mass is 32.1. The smallest absolute Gasteiger partial charge is 0.321 e. The van der Waals surface area contributed by atoms with E-state index in [0.29, 0.717) is 5.75 Å². The number of carboxylic acid groups (broad SMARTS) is 1. The van der Waals surface area contributed by atoms with Crippen LogP contribution in [-0.2, 0) is 4.79 Å². The molecule has 0 spiro atoms. The largest absolute Gasteiger partial charge is 0.508 e. The molecule has 1 aromatic rings. The van der Waals surface area contributed by atoms with E-state index in [1.165, 1.54) is 0 Å². The molecule has 1 aromatic carbocycles. The molecule has 5 heteroatoms. The number of para-hydroxylation sites is 1. The van der Waals surface area contributed by atoms with Gasteiger partial charge >= 0.3 is 5.97 Å². The van der Waals surface area contributed by atoms with Crippen LogP contribution in [0.15, 0.2) is 30.3 Å². The zero-order chi connectivity index (χ0) is 11.0. The van der Waals surface area contributed by atoms with Crippen LogP contribution in [0.1, 0.15) is 0 Å². The molecule has 0 heterocycles. The Labute approximate surface area is 87.8 Å². The van der Waals surface area contributed by atoms with Crippen molar-refractivity contribution in [3.63, 3.8) is 0 Å². The van der Waals surface area contributed by atoms with Crippen LogP contribution in [0.4, 0.5) is 0 Å². The second-order valence-electron chi connectivity index (χ2n) is 2.46. The third kappa shape index (κ3) is 6.33. The van der Waals surface area contributed by atoms with Crippen molar-refractivity contribution >= 4 is 18.6 Å². The van der Waals surface area contributed by atoms with Gasteiger partial charge in [-0.15, -0.1) is 0 Å². The first kappa shape index (κ1) is 12.8. The maximum Gasteiger partial charge on any atom is 0.321 e. The normalized spacial score (nSPS) is 11.0. The van der Waals surface area contributed by atoms with Gasteiger partial charge in [0.15, 0.2) is 0 Å². The summed E-state index contributed by atoms with van der Waals surface area (Å²) < 4.78 is 0. The minimum Gasteiger partial charge on any atom is -0.508 e. The number of hydrogen-bond donors (Lipinski definition) is 4. The van der Waals surface area contributed by atoms with Gasteiger partial charge in [-0.3, -0.25) is 4.79 Å². The zero-order valence-electron chi connectivity index (χ0n) is 7.50. The molecule has 0 saturated carbocycles. The number of nitrogens with two attached hydrogens (primary N) is 1. The molecular formula is C9H13NO3S. The molecule has 4 nitrogen and oxygen atoms in total. The topological polar surface area (TPSA) is 83.6 Å². The van der Waals surface area contributed by atoms with Gasteiger partial charge in [0, 0.05) is 5.75 Å². The van der Waals surface area contributed by atoms with E-state index in [1.807, 2.05) is 6.07 Å². The minimum absolute atomic E-state index is 0.190. The third-order valence-electron chi connectivity index (χ3n) is 1.27. The summed E-state index contributed by atoms with van der Waals surface area (Å²) in [7, 11) is 0. The van der Waals surface area contributed by atoms with Gasteiger partial charge in [-0.05, 0) is 12.1 Å². The van der Waals surface area contributed by atoms with Gasteiger partial charge in [-0.25, -0.2) is 0 Å². The number of phenolic OH excluding ortho intramolecular Hbond substituents is 1. The minimum atomic E-state index is -1.00. The third-order valence-corrected chi connectivity index (χ3v) is 1.66. The molecule has 78 valence electrons. The van der Waals surface area contributed by atoms with Crippen LogP contribution in [0.3, 0.4) is 0 Å². The maximum atomic E-state index is 9.76. The molecule has 0 aliphatic rings. The van der Waals surface area contributed by atoms with Crippen molar-refractivity contribution < 1.29 is 15.0 Å². The number of phenols is 1. The number of carbonyl (C=O) groups is 1. The van der Waals surface area contributed by atoms with E-state index in [4.69, 9.17) is 15.9 Å². The first-order valence-electron chi connectivity index (χ1n) is 3.91. The molecule has 0 aliphatic heterocycles. The van der Waals surface area contributed by atoms with E-state index >= 15 is 0 Å². The van der Waals surface area contributed by atoms with Gasteiger partial charge in [-0.2, -0.15) is 12.6 Å². The highest BCUT2D eigenvalue weighted by Gasteiger charge is 2.06. The molecule has 1 rings (SSSR count). The Hall–Kier alpha value is -1.20. The van der Waals surface area contributed by atoms with E-state index in [9.17, 15) is 4.79 Å². The summed E-state index contributed by atoms with van der Waals surface area (Å²) in [5.41, 5.74) is 4.94. The molecule has 14 heavy (non-hydrogen) atoms. The molecule has 1 unspecified atom stereocenters. The quantitative estimate of drug-likeness (QED) is 0.548. The van der Waals surface area contributed by atoms with Gasteiger partial charge in [0.1, 0.15) is 11.8 Å². The number of aliphatic carboxylic acids is 1. The number of benzene rings is 1. The molecule has 0 aromatic heterocycles. The second kappa shape index (κ2) is 7.23. The second-order valence-corrected chi connectivity index (χ2v) is 2.83. The summed E-state index contributed by atoms with van der Waals surface area (Å²) in [6.45, 7) is 0. The van der Waals surface area contributed by atoms with E-state index in [-0.39, 0.29) is 5.75 Å². The molecule has 0 bridgehead atoms. The van der Waals surface area contributed by atoms with Crippen LogP contribution in [0.25, 0.3) is 0 Å². The summed E-state index contributed by atoms with van der Waals surface area (Å²) in [6, 6.07) is 7.90. The molecule has 0 aliphatic carbocycles. The van der Waals surface area contributed by atoms with Crippen molar-refractivity contribution in [2.24, 2.45) is 5.73 Å². The predicted octanol–water partition coefficient (Wildman–Crippen LogP) is 0.720. The van der Waals surface area contributed by atoms with Crippen molar-refractivity contribution in [1.82, 2.24) is 0 Å². The van der Waals surface area contributed by atoms with Crippen molar-refractivity contribution in [3.05, 3.63) is 30.3 Å².